The van der Waals surface area contributed by atoms with Crippen molar-refractivity contribution in [3.05, 3.63) is 35.9 Å². The maximum atomic E-state index is 12.8. The molecule has 0 amide bonds. The number of anilines is 1. The molecule has 0 fully saturated rings. The quantitative estimate of drug-likeness (QED) is 0.0935. The number of hydrazone groups is 1. The van der Waals surface area contributed by atoms with Crippen molar-refractivity contribution in [2.24, 2.45) is 21.8 Å². The molecule has 1 unspecified atom stereocenters. The highest BCUT2D eigenvalue weighted by Crippen LogP contribution is 2.36. The van der Waals surface area contributed by atoms with E-state index in [1.54, 1.807) is 24.3 Å². The predicted octanol–water partition coefficient (Wildman–Crippen LogP) is -0.967. The molecule has 0 aliphatic heterocycles. The first-order chi connectivity index (χ1) is 14.7. The second-order valence-electron chi connectivity index (χ2n) is 6.44. The first-order valence-corrected chi connectivity index (χ1v) is 11.8. The number of nitrogen functional groups attached to an aromatic ring is 1. The van der Waals surface area contributed by atoms with Crippen LogP contribution in [0.2, 0.25) is 0 Å². The van der Waals surface area contributed by atoms with Crippen molar-refractivity contribution < 1.29 is 17.7 Å². The second kappa shape index (κ2) is 8.99. The molecule has 1 atom stereocenters. The molecule has 0 spiro atoms. The number of rotatable bonds is 8. The fourth-order valence-electron chi connectivity index (χ4n) is 3.20. The Bertz CT molecular complexity index is 1290. The van der Waals surface area contributed by atoms with Crippen LogP contribution in [0.5, 0.6) is 0 Å². The molecular formula is C17H22N8O4S2. The number of nitrogens with two attached hydrogens (primary N) is 4. The van der Waals surface area contributed by atoms with Crippen LogP contribution in [0.4, 0.5) is 5.95 Å². The highest BCUT2D eigenvalue weighted by molar-refractivity contribution is 7.91. The Labute approximate surface area is 180 Å². The third-order valence-electron chi connectivity index (χ3n) is 4.40. The van der Waals surface area contributed by atoms with Gasteiger partial charge in [0.25, 0.3) is 0 Å². The monoisotopic (exact) mass is 466 g/mol. The summed E-state index contributed by atoms with van der Waals surface area (Å²) in [7, 11) is -6.20. The highest BCUT2D eigenvalue weighted by Gasteiger charge is 2.28. The Kier molecular flexibility index (Phi) is 6.56. The fraction of sp³-hybridized carbons (Fsp3) is 0.176. The van der Waals surface area contributed by atoms with Crippen LogP contribution in [0.25, 0.3) is 22.2 Å². The molecule has 31 heavy (non-hydrogen) atoms. The first-order valence-electron chi connectivity index (χ1n) is 8.91. The number of imidazole rings is 1. The van der Waals surface area contributed by atoms with E-state index in [9.17, 15) is 12.6 Å². The number of H-pyrrole nitrogens is 1. The summed E-state index contributed by atoms with van der Waals surface area (Å²) in [5.74, 6) is 5.16. The Balaban J connectivity index is 2.42. The van der Waals surface area contributed by atoms with Gasteiger partial charge in [-0.25, -0.2) is 29.9 Å². The van der Waals surface area contributed by atoms with Crippen LogP contribution >= 0.6 is 0 Å². The van der Waals surface area contributed by atoms with Gasteiger partial charge in [0.1, 0.15) is 4.90 Å². The van der Waals surface area contributed by atoms with Crippen molar-refractivity contribution in [3.8, 4) is 11.1 Å². The maximum absolute atomic E-state index is 12.8. The van der Waals surface area contributed by atoms with E-state index in [1.165, 1.54) is 6.07 Å². The van der Waals surface area contributed by atoms with Crippen LogP contribution in [0.15, 0.2) is 45.2 Å². The molecule has 0 bridgehead atoms. The van der Waals surface area contributed by atoms with Gasteiger partial charge < -0.3 is 21.6 Å². The number of sulfonamides is 1. The summed E-state index contributed by atoms with van der Waals surface area (Å²) in [6, 6.07) is 8.11. The molecule has 0 aliphatic carbocycles. The molecule has 2 aromatic carbocycles. The number of amidine groups is 1. The van der Waals surface area contributed by atoms with Gasteiger partial charge >= 0.3 is 0 Å². The number of hydrazine groups is 1. The normalized spacial score (nSPS) is 13.5. The van der Waals surface area contributed by atoms with Gasteiger partial charge in [-0.2, -0.15) is 0 Å². The third-order valence-corrected chi connectivity index (χ3v) is 7.01. The average molecular weight is 467 g/mol. The molecule has 11 N–H and O–H groups in total. The summed E-state index contributed by atoms with van der Waals surface area (Å²) in [5.41, 5.74) is 15.7. The number of primary sulfonamides is 1. The fourth-order valence-corrected chi connectivity index (χ4v) is 5.82. The Morgan fingerprint density at radius 1 is 1.26 bits per heavy atom. The molecule has 3 aromatic rings. The minimum Gasteiger partial charge on any atom is -0.396 e. The van der Waals surface area contributed by atoms with E-state index in [1.807, 2.05) is 5.53 Å². The number of nitrogens with one attached hydrogen (secondary N) is 2. The molecule has 14 heteroatoms. The van der Waals surface area contributed by atoms with Crippen LogP contribution in [-0.4, -0.2) is 45.9 Å². The van der Waals surface area contributed by atoms with Gasteiger partial charge in [-0.3, -0.25) is 4.21 Å². The molecular weight excluding hydrogens is 444 g/mol. The first kappa shape index (κ1) is 22.6. The van der Waals surface area contributed by atoms with Gasteiger partial charge in [-0.1, -0.05) is 18.2 Å². The van der Waals surface area contributed by atoms with Gasteiger partial charge in [-0.15, -0.1) is 5.10 Å². The SMILES string of the molecule is NN/N=C(\N)c1c(-c2cccc3[nH]c(N)nc23)ccc(S(=O)CCCO)c1S(N)(=O)=O. The number of benzene rings is 2. The lowest BCUT2D eigenvalue weighted by Crippen LogP contribution is -2.28. The van der Waals surface area contributed by atoms with E-state index in [0.29, 0.717) is 22.2 Å². The van der Waals surface area contributed by atoms with E-state index in [4.69, 9.17) is 27.6 Å². The van der Waals surface area contributed by atoms with Crippen LogP contribution in [0.1, 0.15) is 12.0 Å². The summed E-state index contributed by atoms with van der Waals surface area (Å²) in [5, 5.41) is 18.3. The predicted molar refractivity (Wildman–Crippen MR) is 118 cm³/mol. The number of aliphatic hydroxyl groups is 1. The maximum Gasteiger partial charge on any atom is 0.240 e. The summed E-state index contributed by atoms with van der Waals surface area (Å²) < 4.78 is 38.0. The molecule has 0 saturated carbocycles. The Hall–Kier alpha value is -3.04. The van der Waals surface area contributed by atoms with Crippen LogP contribution < -0.4 is 28.0 Å². The molecule has 3 rings (SSSR count). The summed E-state index contributed by atoms with van der Waals surface area (Å²) in [4.78, 5) is 6.65. The number of aromatic nitrogens is 2. The smallest absolute Gasteiger partial charge is 0.240 e. The van der Waals surface area contributed by atoms with E-state index in [-0.39, 0.29) is 41.0 Å². The van der Waals surface area contributed by atoms with Gasteiger partial charge in [0.15, 0.2) is 11.8 Å². The zero-order valence-corrected chi connectivity index (χ0v) is 17.8. The van der Waals surface area contributed by atoms with Crippen LogP contribution in [0.3, 0.4) is 0 Å². The van der Waals surface area contributed by atoms with Crippen molar-refractivity contribution in [1.82, 2.24) is 15.5 Å². The number of fused-ring (bicyclic) bond motifs is 1. The molecule has 12 nitrogen and oxygen atoms in total. The molecule has 0 radical (unpaired) electrons. The topological polar surface area (TPSA) is 229 Å². The summed E-state index contributed by atoms with van der Waals surface area (Å²) in [6.07, 6.45) is 0.202. The van der Waals surface area contributed by atoms with Crippen molar-refractivity contribution in [3.63, 3.8) is 0 Å². The summed E-state index contributed by atoms with van der Waals surface area (Å²) in [6.45, 7) is -0.204. The van der Waals surface area contributed by atoms with Crippen LogP contribution in [0, 0.1) is 0 Å². The highest BCUT2D eigenvalue weighted by atomic mass is 32.2. The Morgan fingerprint density at radius 2 is 2.00 bits per heavy atom. The lowest BCUT2D eigenvalue weighted by Gasteiger charge is -2.17. The number of aliphatic hydroxyl groups excluding tert-OH is 1. The zero-order chi connectivity index (χ0) is 22.8. The number of nitrogens with zero attached hydrogens (tertiary/aromatic N) is 2. The largest absolute Gasteiger partial charge is 0.396 e. The second-order valence-corrected chi connectivity index (χ2v) is 9.47. The number of aromatic amines is 1. The Morgan fingerprint density at radius 3 is 2.65 bits per heavy atom. The lowest BCUT2D eigenvalue weighted by atomic mass is 9.97. The van der Waals surface area contributed by atoms with E-state index < -0.39 is 25.7 Å². The van der Waals surface area contributed by atoms with Gasteiger partial charge in [0, 0.05) is 23.5 Å². The minimum absolute atomic E-state index is 0.0233. The van der Waals surface area contributed by atoms with Crippen molar-refractivity contribution in [1.29, 1.82) is 0 Å². The number of hydrogen-bond donors (Lipinski definition) is 7. The lowest BCUT2D eigenvalue weighted by molar-refractivity contribution is 0.296. The molecule has 1 heterocycles. The van der Waals surface area contributed by atoms with E-state index in [0.717, 1.165) is 0 Å². The van der Waals surface area contributed by atoms with Gasteiger partial charge in [-0.05, 0) is 24.1 Å². The molecule has 0 aliphatic rings. The molecule has 0 saturated heterocycles. The van der Waals surface area contributed by atoms with E-state index in [2.05, 4.69) is 15.1 Å². The van der Waals surface area contributed by atoms with Crippen molar-refractivity contribution >= 4 is 43.6 Å². The molecule has 166 valence electrons. The number of para-hydroxylation sites is 1. The summed E-state index contributed by atoms with van der Waals surface area (Å²) >= 11 is 0. The standard InChI is InChI=1S/C17H22N8O4S2/c18-16(24-25-20)13-9(10-3-1-4-11-14(10)23-17(19)22-11)5-6-12(15(13)31(21,28)29)30(27)8-2-7-26/h1,3-6,25-26H,2,7-8,20H2,(H2,18,24)(H3,19,22,23)(H2,21,28,29). The third kappa shape index (κ3) is 4.52. The van der Waals surface area contributed by atoms with Gasteiger partial charge in [0.2, 0.25) is 10.0 Å². The average Bonchev–Trinajstić information content (AvgIpc) is 3.10. The van der Waals surface area contributed by atoms with Gasteiger partial charge in [0.05, 0.1) is 26.7 Å². The zero-order valence-electron chi connectivity index (χ0n) is 16.2. The molecule has 1 aromatic heterocycles. The van der Waals surface area contributed by atoms with Crippen molar-refractivity contribution in [2.75, 3.05) is 18.1 Å². The van der Waals surface area contributed by atoms with Crippen molar-refractivity contribution in [2.45, 2.75) is 16.2 Å². The number of hydrogen-bond acceptors (Lipinski definition) is 9. The minimum atomic E-state index is -4.41. The van der Waals surface area contributed by atoms with Crippen LogP contribution in [-0.2, 0) is 20.8 Å². The van der Waals surface area contributed by atoms with E-state index >= 15 is 0 Å².